The second-order valence-electron chi connectivity index (χ2n) is 6.55. The number of likely N-dealkylation sites (tertiary alicyclic amines) is 1. The standard InChI is InChI=1S/C19H23N3O4S/c1-15-20-11-9-18(21-15)26-16-6-5-12-22(14-16)19(23)10-13-27(24,25)17-7-3-2-4-8-17/h2-4,7-9,11,16H,5-6,10,12-14H2,1H3/t16-/m1/s1. The summed E-state index contributed by atoms with van der Waals surface area (Å²) in [5.74, 6) is 0.765. The van der Waals surface area contributed by atoms with Crippen LogP contribution in [0.1, 0.15) is 25.1 Å². The summed E-state index contributed by atoms with van der Waals surface area (Å²) in [7, 11) is -3.46. The van der Waals surface area contributed by atoms with Crippen molar-refractivity contribution < 1.29 is 17.9 Å². The first-order chi connectivity index (χ1) is 12.9. The molecule has 1 saturated heterocycles. The van der Waals surface area contributed by atoms with Crippen LogP contribution in [0.15, 0.2) is 47.5 Å². The molecule has 3 rings (SSSR count). The molecule has 144 valence electrons. The molecular formula is C19H23N3O4S. The van der Waals surface area contributed by atoms with E-state index in [0.29, 0.717) is 24.8 Å². The first kappa shape index (κ1) is 19.3. The third-order valence-corrected chi connectivity index (χ3v) is 6.19. The van der Waals surface area contributed by atoms with Crippen LogP contribution in [0.4, 0.5) is 0 Å². The van der Waals surface area contributed by atoms with E-state index in [1.807, 2.05) is 0 Å². The molecule has 1 atom stereocenters. The maximum atomic E-state index is 12.5. The van der Waals surface area contributed by atoms with Crippen molar-refractivity contribution in [1.29, 1.82) is 0 Å². The molecule has 2 aromatic rings. The molecule has 1 aromatic carbocycles. The molecular weight excluding hydrogens is 366 g/mol. The molecule has 1 fully saturated rings. The molecule has 0 aliphatic carbocycles. The van der Waals surface area contributed by atoms with Crippen LogP contribution in [0.2, 0.25) is 0 Å². The van der Waals surface area contributed by atoms with Crippen molar-refractivity contribution in [1.82, 2.24) is 14.9 Å². The van der Waals surface area contributed by atoms with Crippen molar-refractivity contribution in [2.24, 2.45) is 0 Å². The Morgan fingerprint density at radius 2 is 2.04 bits per heavy atom. The lowest BCUT2D eigenvalue weighted by Gasteiger charge is -2.32. The number of aryl methyl sites for hydroxylation is 1. The molecule has 27 heavy (non-hydrogen) atoms. The van der Waals surface area contributed by atoms with Gasteiger partial charge in [-0.15, -0.1) is 0 Å². The third kappa shape index (κ3) is 5.26. The number of ether oxygens (including phenoxy) is 1. The summed E-state index contributed by atoms with van der Waals surface area (Å²) >= 11 is 0. The molecule has 1 aliphatic rings. The number of aromatic nitrogens is 2. The number of hydrogen-bond donors (Lipinski definition) is 0. The van der Waals surface area contributed by atoms with E-state index in [0.717, 1.165) is 12.8 Å². The lowest BCUT2D eigenvalue weighted by Crippen LogP contribution is -2.44. The van der Waals surface area contributed by atoms with Crippen LogP contribution in [0.3, 0.4) is 0 Å². The summed E-state index contributed by atoms with van der Waals surface area (Å²) in [6.45, 7) is 2.84. The molecule has 0 N–H and O–H groups in total. The van der Waals surface area contributed by atoms with Crippen LogP contribution in [-0.2, 0) is 14.6 Å². The van der Waals surface area contributed by atoms with Crippen LogP contribution < -0.4 is 4.74 Å². The van der Waals surface area contributed by atoms with Gasteiger partial charge in [0.05, 0.1) is 17.2 Å². The summed E-state index contributed by atoms with van der Waals surface area (Å²) in [6.07, 6.45) is 3.10. The van der Waals surface area contributed by atoms with Gasteiger partial charge in [-0.05, 0) is 31.9 Å². The average molecular weight is 389 g/mol. The third-order valence-electron chi connectivity index (χ3n) is 4.46. The maximum Gasteiger partial charge on any atom is 0.223 e. The summed E-state index contributed by atoms with van der Waals surface area (Å²) in [4.78, 5) is 22.7. The Morgan fingerprint density at radius 1 is 1.26 bits per heavy atom. The van der Waals surface area contributed by atoms with E-state index >= 15 is 0 Å². The number of benzene rings is 1. The molecule has 0 radical (unpaired) electrons. The molecule has 7 nitrogen and oxygen atoms in total. The highest BCUT2D eigenvalue weighted by Crippen LogP contribution is 2.18. The Bertz CT molecular complexity index is 887. The van der Waals surface area contributed by atoms with Gasteiger partial charge in [-0.2, -0.15) is 4.98 Å². The maximum absolute atomic E-state index is 12.5. The van der Waals surface area contributed by atoms with E-state index in [4.69, 9.17) is 4.74 Å². The van der Waals surface area contributed by atoms with Gasteiger partial charge in [0.15, 0.2) is 9.84 Å². The largest absolute Gasteiger partial charge is 0.472 e. The van der Waals surface area contributed by atoms with Crippen LogP contribution in [-0.4, -0.2) is 54.1 Å². The molecule has 1 amide bonds. The summed E-state index contributed by atoms with van der Waals surface area (Å²) < 4.78 is 30.6. The molecule has 8 heteroatoms. The number of piperidine rings is 1. The van der Waals surface area contributed by atoms with Crippen LogP contribution in [0.25, 0.3) is 0 Å². The van der Waals surface area contributed by atoms with Crippen molar-refractivity contribution in [2.75, 3.05) is 18.8 Å². The Morgan fingerprint density at radius 3 is 2.78 bits per heavy atom. The molecule has 0 bridgehead atoms. The highest BCUT2D eigenvalue weighted by Gasteiger charge is 2.26. The topological polar surface area (TPSA) is 89.5 Å². The van der Waals surface area contributed by atoms with Gasteiger partial charge in [0, 0.05) is 25.2 Å². The Kier molecular flexibility index (Phi) is 6.05. The van der Waals surface area contributed by atoms with Crippen LogP contribution in [0.5, 0.6) is 5.88 Å². The normalized spacial score (nSPS) is 17.5. The smallest absolute Gasteiger partial charge is 0.223 e. The summed E-state index contributed by atoms with van der Waals surface area (Å²) in [5, 5.41) is 0. The second-order valence-corrected chi connectivity index (χ2v) is 8.66. The van der Waals surface area contributed by atoms with Gasteiger partial charge in [-0.3, -0.25) is 4.79 Å². The van der Waals surface area contributed by atoms with Gasteiger partial charge in [0.2, 0.25) is 11.8 Å². The predicted octanol–water partition coefficient (Wildman–Crippen LogP) is 2.02. The number of rotatable bonds is 6. The van der Waals surface area contributed by atoms with E-state index in [9.17, 15) is 13.2 Å². The van der Waals surface area contributed by atoms with E-state index in [-0.39, 0.29) is 29.1 Å². The number of amides is 1. The lowest BCUT2D eigenvalue weighted by atomic mass is 10.1. The van der Waals surface area contributed by atoms with Crippen molar-refractivity contribution in [3.63, 3.8) is 0 Å². The molecule has 1 aromatic heterocycles. The first-order valence-electron chi connectivity index (χ1n) is 8.96. The second kappa shape index (κ2) is 8.47. The highest BCUT2D eigenvalue weighted by molar-refractivity contribution is 7.91. The van der Waals surface area contributed by atoms with E-state index in [2.05, 4.69) is 9.97 Å². The predicted molar refractivity (Wildman–Crippen MR) is 100 cm³/mol. The van der Waals surface area contributed by atoms with Crippen LogP contribution in [0, 0.1) is 6.92 Å². The zero-order valence-electron chi connectivity index (χ0n) is 15.2. The summed E-state index contributed by atoms with van der Waals surface area (Å²) in [6, 6.07) is 9.91. The molecule has 0 unspecified atom stereocenters. The fourth-order valence-electron chi connectivity index (χ4n) is 3.06. The zero-order chi connectivity index (χ0) is 19.3. The number of nitrogens with zero attached hydrogens (tertiary/aromatic N) is 3. The lowest BCUT2D eigenvalue weighted by molar-refractivity contribution is -0.133. The van der Waals surface area contributed by atoms with Crippen LogP contribution >= 0.6 is 0 Å². The first-order valence-corrected chi connectivity index (χ1v) is 10.6. The Hall–Kier alpha value is -2.48. The number of sulfone groups is 1. The fourth-order valence-corrected chi connectivity index (χ4v) is 4.31. The van der Waals surface area contributed by atoms with Crippen molar-refractivity contribution in [3.8, 4) is 5.88 Å². The Balaban J connectivity index is 1.55. The van der Waals surface area contributed by atoms with Gasteiger partial charge in [-0.1, -0.05) is 18.2 Å². The number of hydrogen-bond acceptors (Lipinski definition) is 6. The van der Waals surface area contributed by atoms with Gasteiger partial charge < -0.3 is 9.64 Å². The van der Waals surface area contributed by atoms with Crippen molar-refractivity contribution in [2.45, 2.75) is 37.2 Å². The molecule has 2 heterocycles. The van der Waals surface area contributed by atoms with Gasteiger partial charge in [-0.25, -0.2) is 13.4 Å². The number of carbonyl (C=O) groups is 1. The minimum atomic E-state index is -3.46. The van der Waals surface area contributed by atoms with E-state index in [1.165, 1.54) is 0 Å². The van der Waals surface area contributed by atoms with E-state index in [1.54, 1.807) is 54.4 Å². The average Bonchev–Trinajstić information content (AvgIpc) is 2.67. The highest BCUT2D eigenvalue weighted by atomic mass is 32.2. The fraction of sp³-hybridized carbons (Fsp3) is 0.421. The van der Waals surface area contributed by atoms with E-state index < -0.39 is 9.84 Å². The van der Waals surface area contributed by atoms with Gasteiger partial charge in [0.25, 0.3) is 0 Å². The quantitative estimate of drug-likeness (QED) is 0.751. The zero-order valence-corrected chi connectivity index (χ0v) is 16.1. The molecule has 0 saturated carbocycles. The van der Waals surface area contributed by atoms with Gasteiger partial charge in [0.1, 0.15) is 11.9 Å². The SMILES string of the molecule is Cc1nccc(O[C@@H]2CCCN(C(=O)CCS(=O)(=O)c3ccccc3)C2)n1. The molecule has 1 aliphatic heterocycles. The van der Waals surface area contributed by atoms with Crippen molar-refractivity contribution >= 4 is 15.7 Å². The monoisotopic (exact) mass is 389 g/mol. The Labute approximate surface area is 159 Å². The summed E-state index contributed by atoms with van der Waals surface area (Å²) in [5.41, 5.74) is 0. The molecule has 0 spiro atoms. The van der Waals surface area contributed by atoms with Crippen molar-refractivity contribution in [3.05, 3.63) is 48.4 Å². The van der Waals surface area contributed by atoms with Gasteiger partial charge >= 0.3 is 0 Å². The minimum absolute atomic E-state index is 0.0312. The minimum Gasteiger partial charge on any atom is -0.472 e. The number of carbonyl (C=O) groups excluding carboxylic acids is 1.